The number of hydrogen-bond acceptors (Lipinski definition) is 4. The number of ether oxygens (including phenoxy) is 1. The molecule has 18 heavy (non-hydrogen) atoms. The highest BCUT2D eigenvalue weighted by Crippen LogP contribution is 2.27. The number of hydrogen-bond donors (Lipinski definition) is 2. The minimum absolute atomic E-state index is 0.444. The summed E-state index contributed by atoms with van der Waals surface area (Å²) in [5.41, 5.74) is 7.77. The molecule has 1 rings (SSSR count). The first-order valence-corrected chi connectivity index (χ1v) is 7.53. The Balaban J connectivity index is 2.67. The molecule has 3 N–H and O–H groups in total. The summed E-state index contributed by atoms with van der Waals surface area (Å²) in [6.45, 7) is 1.70. The van der Waals surface area contributed by atoms with E-state index in [2.05, 4.69) is 5.32 Å². The van der Waals surface area contributed by atoms with Gasteiger partial charge in [-0.3, -0.25) is 0 Å². The SMILES string of the molecule is COCCCCNc1cccc(SC)c1C(N)=S. The van der Waals surface area contributed by atoms with Crippen LogP contribution in [0.25, 0.3) is 0 Å². The van der Waals surface area contributed by atoms with Crippen molar-refractivity contribution < 1.29 is 4.74 Å². The van der Waals surface area contributed by atoms with Gasteiger partial charge in [0.05, 0.1) is 0 Å². The van der Waals surface area contributed by atoms with Gasteiger partial charge in [-0.05, 0) is 31.2 Å². The van der Waals surface area contributed by atoms with Crippen LogP contribution >= 0.6 is 24.0 Å². The zero-order chi connectivity index (χ0) is 13.4. The van der Waals surface area contributed by atoms with Crippen LogP contribution in [0.1, 0.15) is 18.4 Å². The lowest BCUT2D eigenvalue weighted by Gasteiger charge is -2.14. The van der Waals surface area contributed by atoms with E-state index < -0.39 is 0 Å². The molecular formula is C13H20N2OS2. The highest BCUT2D eigenvalue weighted by molar-refractivity contribution is 7.98. The molecule has 0 unspecified atom stereocenters. The maximum atomic E-state index is 5.80. The van der Waals surface area contributed by atoms with Gasteiger partial charge >= 0.3 is 0 Å². The maximum absolute atomic E-state index is 5.80. The molecule has 0 heterocycles. The van der Waals surface area contributed by atoms with Crippen LogP contribution in [0.5, 0.6) is 0 Å². The van der Waals surface area contributed by atoms with E-state index in [-0.39, 0.29) is 0 Å². The van der Waals surface area contributed by atoms with E-state index in [9.17, 15) is 0 Å². The molecule has 0 aliphatic rings. The highest BCUT2D eigenvalue weighted by atomic mass is 32.2. The van der Waals surface area contributed by atoms with E-state index in [4.69, 9.17) is 22.7 Å². The average molecular weight is 284 g/mol. The Morgan fingerprint density at radius 2 is 2.22 bits per heavy atom. The minimum Gasteiger partial charge on any atom is -0.389 e. The predicted molar refractivity (Wildman–Crippen MR) is 83.7 cm³/mol. The standard InChI is InChI=1S/C13H20N2OS2/c1-16-9-4-3-8-15-10-6-5-7-11(18-2)12(10)13(14)17/h5-7,15H,3-4,8-9H2,1-2H3,(H2,14,17). The van der Waals surface area contributed by atoms with E-state index in [1.54, 1.807) is 18.9 Å². The Kier molecular flexibility index (Phi) is 7.08. The molecule has 1 aromatic carbocycles. The first-order valence-electron chi connectivity index (χ1n) is 5.90. The first-order chi connectivity index (χ1) is 8.70. The number of benzene rings is 1. The largest absolute Gasteiger partial charge is 0.389 e. The van der Waals surface area contributed by atoms with Crippen LogP contribution < -0.4 is 11.1 Å². The molecule has 0 fully saturated rings. The second-order valence-electron chi connectivity index (χ2n) is 3.87. The van der Waals surface area contributed by atoms with Crippen LogP contribution in [0, 0.1) is 0 Å². The molecule has 1 aromatic rings. The lowest BCUT2D eigenvalue weighted by molar-refractivity contribution is 0.194. The van der Waals surface area contributed by atoms with Gasteiger partial charge in [-0.2, -0.15) is 0 Å². The summed E-state index contributed by atoms with van der Waals surface area (Å²) in [5.74, 6) is 0. The van der Waals surface area contributed by atoms with Crippen LogP contribution in [0.2, 0.25) is 0 Å². The summed E-state index contributed by atoms with van der Waals surface area (Å²) in [4.78, 5) is 1.56. The summed E-state index contributed by atoms with van der Waals surface area (Å²) < 4.78 is 5.02. The van der Waals surface area contributed by atoms with Crippen molar-refractivity contribution in [2.45, 2.75) is 17.7 Å². The van der Waals surface area contributed by atoms with Gasteiger partial charge in [-0.15, -0.1) is 11.8 Å². The van der Waals surface area contributed by atoms with Crippen molar-refractivity contribution in [3.63, 3.8) is 0 Å². The van der Waals surface area contributed by atoms with Crippen molar-refractivity contribution >= 4 is 34.7 Å². The molecule has 100 valence electrons. The van der Waals surface area contributed by atoms with Gasteiger partial charge in [0.1, 0.15) is 4.99 Å². The van der Waals surface area contributed by atoms with E-state index in [0.29, 0.717) is 4.99 Å². The van der Waals surface area contributed by atoms with Gasteiger partial charge in [-0.25, -0.2) is 0 Å². The molecule has 0 bridgehead atoms. The Morgan fingerprint density at radius 1 is 1.44 bits per heavy atom. The molecule has 0 aliphatic carbocycles. The van der Waals surface area contributed by atoms with Gasteiger partial charge in [0.2, 0.25) is 0 Å². The predicted octanol–water partition coefficient (Wildman–Crippen LogP) is 2.88. The topological polar surface area (TPSA) is 47.3 Å². The highest BCUT2D eigenvalue weighted by Gasteiger charge is 2.09. The quantitative estimate of drug-likeness (QED) is 0.437. The molecule has 0 amide bonds. The van der Waals surface area contributed by atoms with Crippen molar-refractivity contribution in [2.24, 2.45) is 5.73 Å². The molecule has 0 spiro atoms. The Hall–Kier alpha value is -0.780. The van der Waals surface area contributed by atoms with Gasteiger partial charge in [0.25, 0.3) is 0 Å². The van der Waals surface area contributed by atoms with Gasteiger partial charge in [-0.1, -0.05) is 18.3 Å². The van der Waals surface area contributed by atoms with Crippen LogP contribution in [0.4, 0.5) is 5.69 Å². The number of nitrogens with one attached hydrogen (secondary N) is 1. The zero-order valence-corrected chi connectivity index (χ0v) is 12.5. The third-order valence-corrected chi connectivity index (χ3v) is 3.57. The lowest BCUT2D eigenvalue weighted by Crippen LogP contribution is -2.15. The number of anilines is 1. The zero-order valence-electron chi connectivity index (χ0n) is 10.9. The number of rotatable bonds is 8. The van der Waals surface area contributed by atoms with Crippen molar-refractivity contribution in [1.82, 2.24) is 0 Å². The summed E-state index contributed by atoms with van der Waals surface area (Å²) in [5, 5.41) is 3.39. The number of methoxy groups -OCH3 is 1. The van der Waals surface area contributed by atoms with Gasteiger partial charge in [0.15, 0.2) is 0 Å². The van der Waals surface area contributed by atoms with E-state index in [1.807, 2.05) is 24.5 Å². The van der Waals surface area contributed by atoms with Crippen molar-refractivity contribution in [2.75, 3.05) is 31.8 Å². The smallest absolute Gasteiger partial charge is 0.107 e. The van der Waals surface area contributed by atoms with Gasteiger partial charge in [0, 0.05) is 36.4 Å². The van der Waals surface area contributed by atoms with E-state index in [0.717, 1.165) is 42.1 Å². The summed E-state index contributed by atoms with van der Waals surface area (Å²) in [6.07, 6.45) is 4.14. The van der Waals surface area contributed by atoms with E-state index >= 15 is 0 Å². The molecule has 0 saturated heterocycles. The second kappa shape index (κ2) is 8.34. The van der Waals surface area contributed by atoms with Crippen LogP contribution in [0.15, 0.2) is 23.1 Å². The summed E-state index contributed by atoms with van der Waals surface area (Å²) in [7, 11) is 1.72. The molecule has 0 atom stereocenters. The molecular weight excluding hydrogens is 264 g/mol. The summed E-state index contributed by atoms with van der Waals surface area (Å²) >= 11 is 6.79. The van der Waals surface area contributed by atoms with Crippen molar-refractivity contribution in [3.05, 3.63) is 23.8 Å². The van der Waals surface area contributed by atoms with Crippen LogP contribution in [-0.2, 0) is 4.74 Å². The Labute approximate surface area is 118 Å². The number of thiocarbonyl (C=S) groups is 1. The maximum Gasteiger partial charge on any atom is 0.107 e. The number of nitrogens with two attached hydrogens (primary N) is 1. The lowest BCUT2D eigenvalue weighted by atomic mass is 10.1. The van der Waals surface area contributed by atoms with E-state index in [1.165, 1.54) is 0 Å². The fraction of sp³-hybridized carbons (Fsp3) is 0.462. The second-order valence-corrected chi connectivity index (χ2v) is 5.16. The average Bonchev–Trinajstić information content (AvgIpc) is 2.37. The molecule has 0 aliphatic heterocycles. The fourth-order valence-corrected chi connectivity index (χ4v) is 2.62. The normalized spacial score (nSPS) is 10.3. The van der Waals surface area contributed by atoms with Crippen LogP contribution in [-0.4, -0.2) is 31.5 Å². The fourth-order valence-electron chi connectivity index (χ4n) is 1.70. The molecule has 0 radical (unpaired) electrons. The third-order valence-electron chi connectivity index (χ3n) is 2.58. The van der Waals surface area contributed by atoms with Gasteiger partial charge < -0.3 is 15.8 Å². The molecule has 3 nitrogen and oxygen atoms in total. The van der Waals surface area contributed by atoms with Crippen molar-refractivity contribution in [3.8, 4) is 0 Å². The molecule has 0 aromatic heterocycles. The number of thioether (sulfide) groups is 1. The third kappa shape index (κ3) is 4.48. The van der Waals surface area contributed by atoms with Crippen LogP contribution in [0.3, 0.4) is 0 Å². The molecule has 5 heteroatoms. The van der Waals surface area contributed by atoms with Crippen molar-refractivity contribution in [1.29, 1.82) is 0 Å². The Bertz CT molecular complexity index is 397. The Morgan fingerprint density at radius 3 is 2.83 bits per heavy atom. The number of unbranched alkanes of at least 4 members (excludes halogenated alkanes) is 1. The molecule has 0 saturated carbocycles. The monoisotopic (exact) mass is 284 g/mol. The summed E-state index contributed by atoms with van der Waals surface area (Å²) in [6, 6.07) is 6.07. The minimum atomic E-state index is 0.444. The first kappa shape index (κ1) is 15.3.